The minimum atomic E-state index is -1.36. The van der Waals surface area contributed by atoms with Gasteiger partial charge in [0.2, 0.25) is 0 Å². The van der Waals surface area contributed by atoms with Gasteiger partial charge in [0, 0.05) is 18.3 Å². The molecule has 0 atom stereocenters. The fourth-order valence-electron chi connectivity index (χ4n) is 0.934. The molecule has 0 radical (unpaired) electrons. The number of rotatable bonds is 6. The number of hydrogen-bond donors (Lipinski definition) is 0. The van der Waals surface area contributed by atoms with E-state index >= 15 is 0 Å². The van der Waals surface area contributed by atoms with Crippen molar-refractivity contribution in [1.29, 1.82) is 0 Å². The molecular formula is C9H22BNaO3. The SMILES string of the molecule is CC(C)O[BH-](OC(C)C)OC(C)C.[Na+]. The maximum atomic E-state index is 5.51. The first-order chi connectivity index (χ1) is 5.91. The largest absolute Gasteiger partial charge is 1.00 e. The topological polar surface area (TPSA) is 27.7 Å². The van der Waals surface area contributed by atoms with Crippen molar-refractivity contribution >= 4 is 7.32 Å². The maximum absolute atomic E-state index is 5.51. The summed E-state index contributed by atoms with van der Waals surface area (Å²) >= 11 is 0. The van der Waals surface area contributed by atoms with Crippen molar-refractivity contribution in [3.05, 3.63) is 0 Å². The summed E-state index contributed by atoms with van der Waals surface area (Å²) in [5, 5.41) is 0. The van der Waals surface area contributed by atoms with Crippen LogP contribution < -0.4 is 29.6 Å². The summed E-state index contributed by atoms with van der Waals surface area (Å²) in [4.78, 5) is 0. The Morgan fingerprint density at radius 3 is 1.00 bits per heavy atom. The van der Waals surface area contributed by atoms with E-state index in [-0.39, 0.29) is 47.9 Å². The molecule has 0 amide bonds. The van der Waals surface area contributed by atoms with E-state index in [0.717, 1.165) is 0 Å². The predicted molar refractivity (Wildman–Crippen MR) is 55.8 cm³/mol. The second kappa shape index (κ2) is 9.19. The van der Waals surface area contributed by atoms with Gasteiger partial charge in [0.15, 0.2) is 0 Å². The molecule has 0 saturated carbocycles. The van der Waals surface area contributed by atoms with E-state index < -0.39 is 7.32 Å². The zero-order chi connectivity index (χ0) is 10.4. The van der Waals surface area contributed by atoms with Crippen LogP contribution >= 0.6 is 0 Å². The van der Waals surface area contributed by atoms with Gasteiger partial charge in [-0.1, -0.05) is 0 Å². The molecule has 0 aromatic carbocycles. The summed E-state index contributed by atoms with van der Waals surface area (Å²) in [6.45, 7) is 11.9. The van der Waals surface area contributed by atoms with Crippen molar-refractivity contribution in [2.45, 2.75) is 59.9 Å². The smallest absolute Gasteiger partial charge is 0.545 e. The molecule has 0 spiro atoms. The van der Waals surface area contributed by atoms with Gasteiger partial charge in [0.05, 0.1) is 0 Å². The van der Waals surface area contributed by atoms with Crippen molar-refractivity contribution in [1.82, 2.24) is 0 Å². The van der Waals surface area contributed by atoms with Gasteiger partial charge in [0.1, 0.15) is 0 Å². The van der Waals surface area contributed by atoms with Crippen LogP contribution in [0.5, 0.6) is 0 Å². The van der Waals surface area contributed by atoms with Gasteiger partial charge < -0.3 is 14.0 Å². The van der Waals surface area contributed by atoms with Gasteiger partial charge in [-0.15, -0.1) is 0 Å². The zero-order valence-electron chi connectivity index (χ0n) is 10.7. The molecule has 0 heterocycles. The molecule has 0 fully saturated rings. The Morgan fingerprint density at radius 1 is 0.643 bits per heavy atom. The minimum Gasteiger partial charge on any atom is -0.545 e. The van der Waals surface area contributed by atoms with Gasteiger partial charge in [-0.05, 0) is 41.5 Å². The summed E-state index contributed by atoms with van der Waals surface area (Å²) in [7, 11) is -1.36. The fourth-order valence-corrected chi connectivity index (χ4v) is 0.934. The molecule has 0 rings (SSSR count). The standard InChI is InChI=1S/C9H22BO3.Na/c1-7(2)11-10(12-8(3)4)13-9(5)6;/h7-10H,1-6H3;/q-1;+1. The molecule has 0 bridgehead atoms. The van der Waals surface area contributed by atoms with Crippen molar-refractivity contribution in [2.24, 2.45) is 0 Å². The Hall–Kier alpha value is 0.945. The predicted octanol–water partition coefficient (Wildman–Crippen LogP) is -1.02. The van der Waals surface area contributed by atoms with E-state index in [9.17, 15) is 0 Å². The van der Waals surface area contributed by atoms with E-state index in [0.29, 0.717) is 0 Å². The average Bonchev–Trinajstić information content (AvgIpc) is 1.80. The first-order valence-corrected chi connectivity index (χ1v) is 5.04. The molecule has 0 aromatic heterocycles. The van der Waals surface area contributed by atoms with Crippen molar-refractivity contribution in [2.75, 3.05) is 0 Å². The van der Waals surface area contributed by atoms with Crippen molar-refractivity contribution < 1.29 is 43.5 Å². The van der Waals surface area contributed by atoms with E-state index in [1.807, 2.05) is 41.5 Å². The molecule has 0 aromatic rings. The average molecular weight is 212 g/mol. The van der Waals surface area contributed by atoms with Gasteiger partial charge in [-0.3, -0.25) is 0 Å². The Bertz CT molecular complexity index is 107. The third-order valence-corrected chi connectivity index (χ3v) is 1.41. The molecule has 0 aliphatic carbocycles. The molecule has 5 heteroatoms. The van der Waals surface area contributed by atoms with Crippen LogP contribution in [0.4, 0.5) is 0 Å². The van der Waals surface area contributed by atoms with Gasteiger partial charge in [0.25, 0.3) is 0 Å². The molecular weight excluding hydrogens is 190 g/mol. The van der Waals surface area contributed by atoms with Crippen LogP contribution in [0, 0.1) is 0 Å². The van der Waals surface area contributed by atoms with Crippen LogP contribution in [-0.2, 0) is 14.0 Å². The van der Waals surface area contributed by atoms with Crippen LogP contribution in [0.25, 0.3) is 0 Å². The third-order valence-electron chi connectivity index (χ3n) is 1.41. The molecule has 0 unspecified atom stereocenters. The quantitative estimate of drug-likeness (QED) is 0.527. The van der Waals surface area contributed by atoms with Crippen LogP contribution in [-0.4, -0.2) is 25.6 Å². The minimum absolute atomic E-state index is 0. The molecule has 80 valence electrons. The van der Waals surface area contributed by atoms with Crippen LogP contribution in [0.15, 0.2) is 0 Å². The summed E-state index contributed by atoms with van der Waals surface area (Å²) in [6, 6.07) is 0. The van der Waals surface area contributed by atoms with E-state index in [4.69, 9.17) is 14.0 Å². The van der Waals surface area contributed by atoms with Crippen molar-refractivity contribution in [3.63, 3.8) is 0 Å². The van der Waals surface area contributed by atoms with Crippen LogP contribution in [0.1, 0.15) is 41.5 Å². The fraction of sp³-hybridized carbons (Fsp3) is 1.00. The van der Waals surface area contributed by atoms with Gasteiger partial charge >= 0.3 is 36.9 Å². The van der Waals surface area contributed by atoms with Crippen LogP contribution in [0.2, 0.25) is 0 Å². The summed E-state index contributed by atoms with van der Waals surface area (Å²) in [5.74, 6) is 0. The molecule has 0 saturated heterocycles. The summed E-state index contributed by atoms with van der Waals surface area (Å²) in [5.41, 5.74) is 0. The second-order valence-electron chi connectivity index (χ2n) is 4.00. The Balaban J connectivity index is 0. The maximum Gasteiger partial charge on any atom is 1.00 e. The molecule has 0 N–H and O–H groups in total. The second-order valence-corrected chi connectivity index (χ2v) is 4.00. The number of hydrogen-bond acceptors (Lipinski definition) is 3. The first kappa shape index (κ1) is 17.3. The first-order valence-electron chi connectivity index (χ1n) is 5.04. The van der Waals surface area contributed by atoms with E-state index in [2.05, 4.69) is 0 Å². The Kier molecular flexibility index (Phi) is 11.4. The van der Waals surface area contributed by atoms with E-state index in [1.54, 1.807) is 0 Å². The molecule has 0 aliphatic rings. The molecule has 0 aliphatic heterocycles. The Labute approximate surface area is 110 Å². The monoisotopic (exact) mass is 212 g/mol. The van der Waals surface area contributed by atoms with Gasteiger partial charge in [-0.25, -0.2) is 0 Å². The van der Waals surface area contributed by atoms with Crippen molar-refractivity contribution in [3.8, 4) is 0 Å². The Morgan fingerprint density at radius 2 is 0.857 bits per heavy atom. The molecule has 14 heavy (non-hydrogen) atoms. The third kappa shape index (κ3) is 11.0. The zero-order valence-corrected chi connectivity index (χ0v) is 12.7. The summed E-state index contributed by atoms with van der Waals surface area (Å²) < 4.78 is 16.5. The van der Waals surface area contributed by atoms with E-state index in [1.165, 1.54) is 0 Å². The van der Waals surface area contributed by atoms with Crippen LogP contribution in [0.3, 0.4) is 0 Å². The normalized spacial score (nSPS) is 11.6. The summed E-state index contributed by atoms with van der Waals surface area (Å²) in [6.07, 6.45) is 0.451. The molecule has 3 nitrogen and oxygen atoms in total. The van der Waals surface area contributed by atoms with Gasteiger partial charge in [-0.2, -0.15) is 0 Å².